The van der Waals surface area contributed by atoms with Gasteiger partial charge in [0.05, 0.1) is 7.11 Å². The van der Waals surface area contributed by atoms with Crippen molar-refractivity contribution in [3.8, 4) is 5.75 Å². The molecule has 2 saturated carbocycles. The lowest BCUT2D eigenvalue weighted by Crippen LogP contribution is -2.29. The van der Waals surface area contributed by atoms with E-state index in [1.54, 1.807) is 7.11 Å². The van der Waals surface area contributed by atoms with Crippen molar-refractivity contribution in [3.63, 3.8) is 0 Å². The first-order chi connectivity index (χ1) is 11.7. The maximum atomic E-state index is 11.9. The minimum atomic E-state index is -0.290. The third kappa shape index (κ3) is 4.08. The zero-order valence-electron chi connectivity index (χ0n) is 14.1. The van der Waals surface area contributed by atoms with Crippen LogP contribution in [0.3, 0.4) is 0 Å². The summed E-state index contributed by atoms with van der Waals surface area (Å²) in [5.74, 6) is 2.17. The van der Waals surface area contributed by atoms with Crippen molar-refractivity contribution in [1.29, 1.82) is 0 Å². The Balaban J connectivity index is 1.37. The molecule has 1 amide bonds. The SMILES string of the molecule is COc1ccccc1CNC(=O)COC(=O)C[C@@H]1C[C@H]2CC[C@@H]1C2. The molecule has 1 aromatic rings. The number of methoxy groups -OCH3 is 1. The number of ether oxygens (including phenoxy) is 2. The van der Waals surface area contributed by atoms with Gasteiger partial charge in [0, 0.05) is 18.5 Å². The van der Waals surface area contributed by atoms with Gasteiger partial charge in [-0.25, -0.2) is 0 Å². The fourth-order valence-corrected chi connectivity index (χ4v) is 4.14. The minimum Gasteiger partial charge on any atom is -0.496 e. The first-order valence-electron chi connectivity index (χ1n) is 8.70. The molecule has 3 rings (SSSR count). The summed E-state index contributed by atoms with van der Waals surface area (Å²) in [6.07, 6.45) is 5.46. The number of hydrogen-bond acceptors (Lipinski definition) is 4. The van der Waals surface area contributed by atoms with Crippen molar-refractivity contribution in [3.05, 3.63) is 29.8 Å². The molecule has 3 atom stereocenters. The fourth-order valence-electron chi connectivity index (χ4n) is 4.14. The minimum absolute atomic E-state index is 0.213. The van der Waals surface area contributed by atoms with E-state index >= 15 is 0 Å². The van der Waals surface area contributed by atoms with Crippen LogP contribution in [0.4, 0.5) is 0 Å². The predicted molar refractivity (Wildman–Crippen MR) is 89.4 cm³/mol. The van der Waals surface area contributed by atoms with Crippen LogP contribution in [-0.4, -0.2) is 25.6 Å². The number of hydrogen-bond donors (Lipinski definition) is 1. The van der Waals surface area contributed by atoms with E-state index < -0.39 is 0 Å². The van der Waals surface area contributed by atoms with Crippen molar-refractivity contribution in [2.24, 2.45) is 17.8 Å². The van der Waals surface area contributed by atoms with Crippen LogP contribution >= 0.6 is 0 Å². The van der Waals surface area contributed by atoms with Gasteiger partial charge < -0.3 is 14.8 Å². The number of carbonyl (C=O) groups is 2. The van der Waals surface area contributed by atoms with Crippen LogP contribution in [0.25, 0.3) is 0 Å². The molecule has 0 heterocycles. The Morgan fingerprint density at radius 3 is 2.75 bits per heavy atom. The monoisotopic (exact) mass is 331 g/mol. The Bertz CT molecular complexity index is 601. The number of nitrogens with one attached hydrogen (secondary N) is 1. The van der Waals surface area contributed by atoms with Gasteiger partial charge in [0.25, 0.3) is 5.91 Å². The summed E-state index contributed by atoms with van der Waals surface area (Å²) in [4.78, 5) is 23.8. The molecule has 0 radical (unpaired) electrons. The number of fused-ring (bicyclic) bond motifs is 2. The van der Waals surface area contributed by atoms with Crippen LogP contribution < -0.4 is 10.1 Å². The second-order valence-corrected chi connectivity index (χ2v) is 6.89. The second kappa shape index (κ2) is 7.69. The maximum Gasteiger partial charge on any atom is 0.306 e. The summed E-state index contributed by atoms with van der Waals surface area (Å²) in [7, 11) is 1.60. The highest BCUT2D eigenvalue weighted by atomic mass is 16.5. The van der Waals surface area contributed by atoms with Crippen molar-refractivity contribution < 1.29 is 19.1 Å². The molecule has 24 heavy (non-hydrogen) atoms. The quantitative estimate of drug-likeness (QED) is 0.780. The Labute approximate surface area is 142 Å². The molecule has 0 unspecified atom stereocenters. The van der Waals surface area contributed by atoms with Crippen LogP contribution in [-0.2, 0) is 20.9 Å². The van der Waals surface area contributed by atoms with E-state index in [1.807, 2.05) is 24.3 Å². The number of para-hydroxylation sites is 1. The van der Waals surface area contributed by atoms with E-state index in [-0.39, 0.29) is 18.5 Å². The zero-order chi connectivity index (χ0) is 16.9. The standard InChI is InChI=1S/C19H25NO4/c1-23-17-5-3-2-4-15(17)11-20-18(21)12-24-19(22)10-16-9-13-6-7-14(16)8-13/h2-5,13-14,16H,6-12H2,1H3,(H,20,21)/t13-,14+,16-/m0/s1. The average Bonchev–Trinajstić information content (AvgIpc) is 3.21. The summed E-state index contributed by atoms with van der Waals surface area (Å²) in [5.41, 5.74) is 0.890. The largest absolute Gasteiger partial charge is 0.496 e. The molecule has 0 aliphatic heterocycles. The molecular formula is C19H25NO4. The number of esters is 1. The van der Waals surface area contributed by atoms with Gasteiger partial charge in [0.2, 0.25) is 0 Å². The molecule has 0 spiro atoms. The lowest BCUT2D eigenvalue weighted by atomic mass is 9.86. The van der Waals surface area contributed by atoms with E-state index in [0.717, 1.165) is 23.7 Å². The Morgan fingerprint density at radius 2 is 2.04 bits per heavy atom. The zero-order valence-corrected chi connectivity index (χ0v) is 14.1. The van der Waals surface area contributed by atoms with Crippen LogP contribution in [0, 0.1) is 17.8 Å². The van der Waals surface area contributed by atoms with E-state index in [2.05, 4.69) is 5.32 Å². The fraction of sp³-hybridized carbons (Fsp3) is 0.579. The smallest absolute Gasteiger partial charge is 0.306 e. The Morgan fingerprint density at radius 1 is 1.21 bits per heavy atom. The van der Waals surface area contributed by atoms with Crippen LogP contribution in [0.15, 0.2) is 24.3 Å². The molecule has 5 nitrogen and oxygen atoms in total. The first-order valence-corrected chi connectivity index (χ1v) is 8.70. The number of carbonyl (C=O) groups excluding carboxylic acids is 2. The second-order valence-electron chi connectivity index (χ2n) is 6.89. The molecule has 2 aliphatic rings. The molecule has 0 aromatic heterocycles. The maximum absolute atomic E-state index is 11.9. The number of benzene rings is 1. The van der Waals surface area contributed by atoms with Gasteiger partial charge in [-0.05, 0) is 43.1 Å². The van der Waals surface area contributed by atoms with Gasteiger partial charge in [-0.2, -0.15) is 0 Å². The summed E-state index contributed by atoms with van der Waals surface area (Å²) >= 11 is 0. The molecule has 2 bridgehead atoms. The van der Waals surface area contributed by atoms with Gasteiger partial charge in [-0.3, -0.25) is 9.59 Å². The van der Waals surface area contributed by atoms with E-state index in [4.69, 9.17) is 9.47 Å². The van der Waals surface area contributed by atoms with Crippen molar-refractivity contribution in [2.75, 3.05) is 13.7 Å². The highest BCUT2D eigenvalue weighted by molar-refractivity contribution is 5.80. The van der Waals surface area contributed by atoms with Crippen LogP contribution in [0.1, 0.15) is 37.7 Å². The highest BCUT2D eigenvalue weighted by Crippen LogP contribution is 2.49. The summed E-state index contributed by atoms with van der Waals surface area (Å²) in [5, 5.41) is 2.75. The van der Waals surface area contributed by atoms with Crippen LogP contribution in [0.5, 0.6) is 5.75 Å². The number of rotatable bonds is 7. The molecule has 1 N–H and O–H groups in total. The molecule has 5 heteroatoms. The molecule has 2 aliphatic carbocycles. The third-order valence-corrected chi connectivity index (χ3v) is 5.35. The van der Waals surface area contributed by atoms with Gasteiger partial charge in [-0.15, -0.1) is 0 Å². The average molecular weight is 331 g/mol. The predicted octanol–water partition coefficient (Wildman–Crippen LogP) is 2.68. The number of amides is 1. The normalized spacial score (nSPS) is 24.6. The molecular weight excluding hydrogens is 306 g/mol. The van der Waals surface area contributed by atoms with E-state index in [0.29, 0.717) is 24.8 Å². The highest BCUT2D eigenvalue weighted by Gasteiger charge is 2.40. The van der Waals surface area contributed by atoms with Gasteiger partial charge in [0.15, 0.2) is 6.61 Å². The van der Waals surface area contributed by atoms with Gasteiger partial charge >= 0.3 is 5.97 Å². The van der Waals surface area contributed by atoms with Gasteiger partial charge in [-0.1, -0.05) is 24.6 Å². The Hall–Kier alpha value is -2.04. The first kappa shape index (κ1) is 16.8. The molecule has 1 aromatic carbocycles. The van der Waals surface area contributed by atoms with Crippen LogP contribution in [0.2, 0.25) is 0 Å². The van der Waals surface area contributed by atoms with Crippen molar-refractivity contribution in [2.45, 2.75) is 38.6 Å². The molecule has 130 valence electrons. The van der Waals surface area contributed by atoms with Crippen molar-refractivity contribution in [1.82, 2.24) is 5.32 Å². The lowest BCUT2D eigenvalue weighted by molar-refractivity contribution is -0.149. The topological polar surface area (TPSA) is 64.6 Å². The lowest BCUT2D eigenvalue weighted by Gasteiger charge is -2.20. The Kier molecular flexibility index (Phi) is 5.38. The van der Waals surface area contributed by atoms with E-state index in [1.165, 1.54) is 19.3 Å². The summed E-state index contributed by atoms with van der Waals surface area (Å²) in [6.45, 7) is 0.140. The molecule has 0 saturated heterocycles. The third-order valence-electron chi connectivity index (χ3n) is 5.35. The molecule has 2 fully saturated rings. The van der Waals surface area contributed by atoms with Crippen molar-refractivity contribution >= 4 is 11.9 Å². The summed E-state index contributed by atoms with van der Waals surface area (Å²) in [6, 6.07) is 7.50. The summed E-state index contributed by atoms with van der Waals surface area (Å²) < 4.78 is 10.4. The van der Waals surface area contributed by atoms with Gasteiger partial charge in [0.1, 0.15) is 5.75 Å². The van der Waals surface area contributed by atoms with E-state index in [9.17, 15) is 9.59 Å².